The number of carbonyl (C=O) groups excluding carboxylic acids is 1. The van der Waals surface area contributed by atoms with Crippen molar-refractivity contribution in [3.8, 4) is 5.75 Å². The van der Waals surface area contributed by atoms with Gasteiger partial charge in [-0.25, -0.2) is 4.79 Å². The lowest BCUT2D eigenvalue weighted by Gasteiger charge is -2.10. The van der Waals surface area contributed by atoms with Crippen LogP contribution in [0.4, 0.5) is 0 Å². The smallest absolute Gasteiger partial charge is 0.338 e. The largest absolute Gasteiger partial charge is 0.496 e. The molecule has 0 aliphatic rings. The van der Waals surface area contributed by atoms with E-state index in [9.17, 15) is 4.79 Å². The summed E-state index contributed by atoms with van der Waals surface area (Å²) < 4.78 is 10.2. The molecule has 0 N–H and O–H groups in total. The Labute approximate surface area is 100 Å². The minimum atomic E-state index is -0.344. The van der Waals surface area contributed by atoms with Gasteiger partial charge in [0.05, 0.1) is 24.7 Å². The molecule has 3 nitrogen and oxygen atoms in total. The van der Waals surface area contributed by atoms with Crippen LogP contribution in [-0.4, -0.2) is 19.2 Å². The van der Waals surface area contributed by atoms with Crippen molar-refractivity contribution in [2.75, 3.05) is 7.11 Å². The van der Waals surface area contributed by atoms with E-state index in [0.29, 0.717) is 17.2 Å². The molecule has 0 aliphatic heterocycles. The van der Waals surface area contributed by atoms with Crippen LogP contribution in [0, 0.1) is 0 Å². The first-order chi connectivity index (χ1) is 7.58. The van der Waals surface area contributed by atoms with Crippen molar-refractivity contribution in [1.29, 1.82) is 0 Å². The number of halogens is 1. The van der Waals surface area contributed by atoms with Gasteiger partial charge in [-0.05, 0) is 32.0 Å². The van der Waals surface area contributed by atoms with Crippen molar-refractivity contribution in [2.45, 2.75) is 25.8 Å². The minimum absolute atomic E-state index is 0.131. The first kappa shape index (κ1) is 12.8. The number of rotatable bonds is 4. The van der Waals surface area contributed by atoms with Gasteiger partial charge < -0.3 is 9.47 Å². The summed E-state index contributed by atoms with van der Waals surface area (Å²) in [5, 5.41) is 0. The lowest BCUT2D eigenvalue weighted by molar-refractivity contribution is 0.0378. The summed E-state index contributed by atoms with van der Waals surface area (Å²) in [5.74, 6) is 0.631. The summed E-state index contributed by atoms with van der Waals surface area (Å²) in [7, 11) is 1.57. The molecule has 1 aromatic carbocycles. The fourth-order valence-corrected chi connectivity index (χ4v) is 1.50. The highest BCUT2D eigenvalue weighted by molar-refractivity contribution is 6.17. The third-order valence-corrected chi connectivity index (χ3v) is 2.29. The lowest BCUT2D eigenvalue weighted by Crippen LogP contribution is -2.11. The molecule has 0 heterocycles. The number of alkyl halides is 1. The van der Waals surface area contributed by atoms with Crippen LogP contribution in [0.15, 0.2) is 18.2 Å². The highest BCUT2D eigenvalue weighted by Gasteiger charge is 2.11. The number of benzene rings is 1. The molecule has 0 radical (unpaired) electrons. The highest BCUT2D eigenvalue weighted by Crippen LogP contribution is 2.22. The predicted octanol–water partition coefficient (Wildman–Crippen LogP) is 3.00. The van der Waals surface area contributed by atoms with Crippen LogP contribution in [0.25, 0.3) is 0 Å². The van der Waals surface area contributed by atoms with E-state index in [1.807, 2.05) is 13.8 Å². The highest BCUT2D eigenvalue weighted by atomic mass is 35.5. The van der Waals surface area contributed by atoms with Crippen molar-refractivity contribution in [3.05, 3.63) is 29.3 Å². The maximum Gasteiger partial charge on any atom is 0.338 e. The van der Waals surface area contributed by atoms with Gasteiger partial charge >= 0.3 is 5.97 Å². The van der Waals surface area contributed by atoms with Crippen LogP contribution in [0.5, 0.6) is 5.75 Å². The van der Waals surface area contributed by atoms with Crippen LogP contribution in [0.2, 0.25) is 0 Å². The van der Waals surface area contributed by atoms with Gasteiger partial charge in [-0.1, -0.05) is 0 Å². The number of carbonyl (C=O) groups is 1. The minimum Gasteiger partial charge on any atom is -0.496 e. The Morgan fingerprint density at radius 1 is 1.44 bits per heavy atom. The van der Waals surface area contributed by atoms with E-state index in [4.69, 9.17) is 21.1 Å². The van der Waals surface area contributed by atoms with Gasteiger partial charge in [0.1, 0.15) is 5.75 Å². The predicted molar refractivity (Wildman–Crippen MR) is 63.1 cm³/mol. The molecule has 0 aliphatic carbocycles. The fraction of sp³-hybridized carbons (Fsp3) is 0.417. The zero-order chi connectivity index (χ0) is 12.1. The van der Waals surface area contributed by atoms with Gasteiger partial charge in [0, 0.05) is 5.56 Å². The molecule has 0 aromatic heterocycles. The number of esters is 1. The second kappa shape index (κ2) is 5.75. The van der Waals surface area contributed by atoms with Crippen LogP contribution in [0.1, 0.15) is 29.8 Å². The maximum absolute atomic E-state index is 11.6. The van der Waals surface area contributed by atoms with E-state index >= 15 is 0 Å². The first-order valence-electron chi connectivity index (χ1n) is 5.02. The maximum atomic E-state index is 11.6. The van der Waals surface area contributed by atoms with Crippen molar-refractivity contribution < 1.29 is 14.3 Å². The quantitative estimate of drug-likeness (QED) is 0.602. The normalized spacial score (nSPS) is 10.3. The van der Waals surface area contributed by atoms with Gasteiger partial charge in [-0.3, -0.25) is 0 Å². The Hall–Kier alpha value is -1.22. The Morgan fingerprint density at radius 3 is 2.62 bits per heavy atom. The summed E-state index contributed by atoms with van der Waals surface area (Å²) >= 11 is 5.76. The van der Waals surface area contributed by atoms with Gasteiger partial charge in [0.15, 0.2) is 0 Å². The van der Waals surface area contributed by atoms with E-state index in [1.54, 1.807) is 25.3 Å². The average Bonchev–Trinajstić information content (AvgIpc) is 2.27. The van der Waals surface area contributed by atoms with E-state index in [-0.39, 0.29) is 12.1 Å². The van der Waals surface area contributed by atoms with Gasteiger partial charge in [0.2, 0.25) is 0 Å². The summed E-state index contributed by atoms with van der Waals surface area (Å²) in [5.41, 5.74) is 1.27. The molecule has 0 saturated carbocycles. The second-order valence-corrected chi connectivity index (χ2v) is 3.88. The molecule has 0 fully saturated rings. The average molecular weight is 243 g/mol. The van der Waals surface area contributed by atoms with Crippen LogP contribution < -0.4 is 4.74 Å². The summed E-state index contributed by atoms with van der Waals surface area (Å²) in [6.07, 6.45) is -0.131. The van der Waals surface area contributed by atoms with Crippen molar-refractivity contribution in [1.82, 2.24) is 0 Å². The molecule has 0 spiro atoms. The molecule has 88 valence electrons. The molecular formula is C12H15ClO3. The summed E-state index contributed by atoms with van der Waals surface area (Å²) in [6, 6.07) is 5.07. The molecule has 0 saturated heterocycles. The van der Waals surface area contributed by atoms with Crippen molar-refractivity contribution in [3.63, 3.8) is 0 Å². The molecule has 1 rings (SSSR count). The Balaban J connectivity index is 2.94. The Kier molecular flexibility index (Phi) is 4.62. The molecule has 1 aromatic rings. The Bertz CT molecular complexity index is 375. The third-order valence-electron chi connectivity index (χ3n) is 2.00. The molecular weight excluding hydrogens is 228 g/mol. The van der Waals surface area contributed by atoms with E-state index in [1.165, 1.54) is 0 Å². The standard InChI is InChI=1S/C12H15ClO3/c1-8(2)16-12(14)9-4-5-11(15-3)10(6-9)7-13/h4-6,8H,7H2,1-3H3. The summed E-state index contributed by atoms with van der Waals surface area (Å²) in [4.78, 5) is 11.6. The van der Waals surface area contributed by atoms with Crippen LogP contribution in [0.3, 0.4) is 0 Å². The van der Waals surface area contributed by atoms with Crippen LogP contribution in [-0.2, 0) is 10.6 Å². The van der Waals surface area contributed by atoms with E-state index in [2.05, 4.69) is 0 Å². The second-order valence-electron chi connectivity index (χ2n) is 3.61. The topological polar surface area (TPSA) is 35.5 Å². The molecule has 0 unspecified atom stereocenters. The van der Waals surface area contributed by atoms with E-state index < -0.39 is 0 Å². The zero-order valence-corrected chi connectivity index (χ0v) is 10.4. The third kappa shape index (κ3) is 3.14. The first-order valence-corrected chi connectivity index (χ1v) is 5.55. The summed E-state index contributed by atoms with van der Waals surface area (Å²) in [6.45, 7) is 3.62. The number of ether oxygens (including phenoxy) is 2. The van der Waals surface area contributed by atoms with Gasteiger partial charge in [-0.2, -0.15) is 0 Å². The number of hydrogen-bond acceptors (Lipinski definition) is 3. The fourth-order valence-electron chi connectivity index (χ4n) is 1.29. The number of hydrogen-bond donors (Lipinski definition) is 0. The van der Waals surface area contributed by atoms with Gasteiger partial charge in [0.25, 0.3) is 0 Å². The van der Waals surface area contributed by atoms with Crippen LogP contribution >= 0.6 is 11.6 Å². The molecule has 0 amide bonds. The number of methoxy groups -OCH3 is 1. The monoisotopic (exact) mass is 242 g/mol. The van der Waals surface area contributed by atoms with Gasteiger partial charge in [-0.15, -0.1) is 11.6 Å². The van der Waals surface area contributed by atoms with E-state index in [0.717, 1.165) is 5.56 Å². The van der Waals surface area contributed by atoms with Crippen molar-refractivity contribution >= 4 is 17.6 Å². The zero-order valence-electron chi connectivity index (χ0n) is 9.62. The molecule has 4 heteroatoms. The lowest BCUT2D eigenvalue weighted by atomic mass is 10.1. The molecule has 0 atom stereocenters. The molecule has 16 heavy (non-hydrogen) atoms. The molecule has 0 bridgehead atoms. The van der Waals surface area contributed by atoms with Crippen molar-refractivity contribution in [2.24, 2.45) is 0 Å². The Morgan fingerprint density at radius 2 is 2.12 bits per heavy atom. The SMILES string of the molecule is COc1ccc(C(=O)OC(C)C)cc1CCl.